The van der Waals surface area contributed by atoms with Crippen molar-refractivity contribution in [1.82, 2.24) is 14.8 Å². The van der Waals surface area contributed by atoms with Crippen LogP contribution in [0.5, 0.6) is 0 Å². The maximum Gasteiger partial charge on any atom is 0.417 e. The van der Waals surface area contributed by atoms with E-state index in [1.54, 1.807) is 11.6 Å². The van der Waals surface area contributed by atoms with Gasteiger partial charge in [0.05, 0.1) is 27.5 Å². The van der Waals surface area contributed by atoms with E-state index in [2.05, 4.69) is 10.1 Å². The largest absolute Gasteiger partial charge is 0.417 e. The Kier molecular flexibility index (Phi) is 5.62. The highest BCUT2D eigenvalue weighted by Gasteiger charge is 2.33. The molecule has 162 valence electrons. The second kappa shape index (κ2) is 8.22. The fraction of sp³-hybridized carbons (Fsp3) is 0.286. The van der Waals surface area contributed by atoms with E-state index in [0.29, 0.717) is 49.1 Å². The zero-order valence-electron chi connectivity index (χ0n) is 16.6. The van der Waals surface area contributed by atoms with Gasteiger partial charge in [-0.2, -0.15) is 18.3 Å². The third-order valence-corrected chi connectivity index (χ3v) is 5.51. The number of rotatable bonds is 4. The number of benzene rings is 1. The van der Waals surface area contributed by atoms with Gasteiger partial charge in [-0.1, -0.05) is 29.8 Å². The summed E-state index contributed by atoms with van der Waals surface area (Å²) in [6.07, 6.45) is -2.89. The van der Waals surface area contributed by atoms with Gasteiger partial charge in [-0.15, -0.1) is 0 Å². The molecule has 0 amide bonds. The lowest BCUT2D eigenvalue weighted by Crippen LogP contribution is -2.47. The van der Waals surface area contributed by atoms with Gasteiger partial charge in [-0.25, -0.2) is 9.67 Å². The minimum Gasteiger partial charge on any atom is -0.352 e. The number of carbonyl (C=O) groups excluding carboxylic acids is 1. The first-order valence-corrected chi connectivity index (χ1v) is 10.00. The molecule has 1 saturated heterocycles. The molecule has 1 aliphatic heterocycles. The monoisotopic (exact) mass is 449 g/mol. The molecule has 1 aliphatic rings. The van der Waals surface area contributed by atoms with Crippen LogP contribution in [0.25, 0.3) is 5.69 Å². The Bertz CT molecular complexity index is 1090. The Balaban J connectivity index is 1.58. The number of anilines is 2. The number of aromatic nitrogens is 3. The van der Waals surface area contributed by atoms with Gasteiger partial charge in [0, 0.05) is 32.4 Å². The van der Waals surface area contributed by atoms with Crippen LogP contribution in [-0.4, -0.2) is 47.2 Å². The van der Waals surface area contributed by atoms with Crippen molar-refractivity contribution in [2.75, 3.05) is 36.0 Å². The molecule has 0 radical (unpaired) electrons. The summed E-state index contributed by atoms with van der Waals surface area (Å²) >= 11 is 6.10. The topological polar surface area (TPSA) is 54.3 Å². The van der Waals surface area contributed by atoms with Crippen LogP contribution in [0.1, 0.15) is 21.6 Å². The van der Waals surface area contributed by atoms with Crippen LogP contribution in [-0.2, 0) is 6.18 Å². The summed E-state index contributed by atoms with van der Waals surface area (Å²) in [5.41, 5.74) is 1.10. The summed E-state index contributed by atoms with van der Waals surface area (Å²) in [6.45, 7) is 3.80. The van der Waals surface area contributed by atoms with Crippen molar-refractivity contribution >= 4 is 29.5 Å². The van der Waals surface area contributed by atoms with Gasteiger partial charge in [0.1, 0.15) is 11.6 Å². The molecule has 0 aliphatic carbocycles. The zero-order valence-corrected chi connectivity index (χ0v) is 17.4. The number of nitrogens with zero attached hydrogens (tertiary/aromatic N) is 5. The van der Waals surface area contributed by atoms with E-state index in [-0.39, 0.29) is 5.02 Å². The summed E-state index contributed by atoms with van der Waals surface area (Å²) < 4.78 is 40.4. The van der Waals surface area contributed by atoms with Crippen LogP contribution in [0.2, 0.25) is 5.02 Å². The smallest absolute Gasteiger partial charge is 0.352 e. The van der Waals surface area contributed by atoms with Gasteiger partial charge in [-0.05, 0) is 25.1 Å². The van der Waals surface area contributed by atoms with Crippen LogP contribution in [0.4, 0.5) is 24.8 Å². The Morgan fingerprint density at radius 3 is 2.29 bits per heavy atom. The van der Waals surface area contributed by atoms with Crippen molar-refractivity contribution in [1.29, 1.82) is 0 Å². The molecule has 0 saturated carbocycles. The molecule has 3 heterocycles. The second-order valence-corrected chi connectivity index (χ2v) is 7.60. The van der Waals surface area contributed by atoms with E-state index in [0.717, 1.165) is 24.2 Å². The highest BCUT2D eigenvalue weighted by atomic mass is 35.5. The predicted molar refractivity (Wildman–Crippen MR) is 112 cm³/mol. The van der Waals surface area contributed by atoms with Crippen molar-refractivity contribution in [2.45, 2.75) is 13.1 Å². The number of aryl methyl sites for hydroxylation is 1. The van der Waals surface area contributed by atoms with Gasteiger partial charge in [0.2, 0.25) is 0 Å². The minimum absolute atomic E-state index is 0.0398. The molecular weight excluding hydrogens is 431 g/mol. The number of aldehydes is 1. The molecule has 0 spiro atoms. The number of pyridine rings is 1. The van der Waals surface area contributed by atoms with Crippen molar-refractivity contribution < 1.29 is 18.0 Å². The summed E-state index contributed by atoms with van der Waals surface area (Å²) in [6, 6.07) is 10.4. The van der Waals surface area contributed by atoms with Gasteiger partial charge in [0.25, 0.3) is 0 Å². The molecule has 2 aromatic heterocycles. The highest BCUT2D eigenvalue weighted by molar-refractivity contribution is 6.33. The third kappa shape index (κ3) is 4.10. The second-order valence-electron chi connectivity index (χ2n) is 7.19. The van der Waals surface area contributed by atoms with E-state index in [1.807, 2.05) is 40.1 Å². The molecule has 0 bridgehead atoms. The van der Waals surface area contributed by atoms with E-state index in [9.17, 15) is 18.0 Å². The van der Waals surface area contributed by atoms with E-state index in [1.165, 1.54) is 0 Å². The zero-order chi connectivity index (χ0) is 22.2. The highest BCUT2D eigenvalue weighted by Crippen LogP contribution is 2.34. The average molecular weight is 450 g/mol. The normalized spacial score (nSPS) is 14.7. The minimum atomic E-state index is -4.49. The van der Waals surface area contributed by atoms with Crippen molar-refractivity contribution in [2.24, 2.45) is 0 Å². The SMILES string of the molecule is Cc1nn(-c2ccccc2)c(N2CCN(c3ncc(C(F)(F)F)cc3Cl)CC2)c1C=O. The Morgan fingerprint density at radius 2 is 1.71 bits per heavy atom. The molecule has 1 aromatic carbocycles. The van der Waals surface area contributed by atoms with E-state index in [4.69, 9.17) is 11.6 Å². The summed E-state index contributed by atoms with van der Waals surface area (Å²) in [4.78, 5) is 19.6. The van der Waals surface area contributed by atoms with Crippen LogP contribution >= 0.6 is 11.6 Å². The maximum absolute atomic E-state index is 12.9. The molecule has 0 atom stereocenters. The molecule has 1 fully saturated rings. The first kappa shape index (κ1) is 21.2. The quantitative estimate of drug-likeness (QED) is 0.553. The first-order valence-electron chi connectivity index (χ1n) is 9.62. The number of halogens is 4. The number of alkyl halides is 3. The molecule has 3 aromatic rings. The number of hydrogen-bond acceptors (Lipinski definition) is 5. The van der Waals surface area contributed by atoms with Crippen molar-refractivity contribution in [3.63, 3.8) is 0 Å². The van der Waals surface area contributed by atoms with Crippen molar-refractivity contribution in [3.8, 4) is 5.69 Å². The van der Waals surface area contributed by atoms with E-state index < -0.39 is 11.7 Å². The van der Waals surface area contributed by atoms with Crippen molar-refractivity contribution in [3.05, 3.63) is 64.4 Å². The Labute approximate surface area is 181 Å². The number of hydrogen-bond donors (Lipinski definition) is 0. The average Bonchev–Trinajstić information content (AvgIpc) is 3.10. The maximum atomic E-state index is 12.9. The standard InChI is InChI=1S/C21H19ClF3N5O/c1-14-17(13-31)20(30(27-14)16-5-3-2-4-6-16)29-9-7-28(8-10-29)19-18(22)11-15(12-26-19)21(23,24)25/h2-6,11-13H,7-10H2,1H3. The van der Waals surface area contributed by atoms with Gasteiger partial charge in [-0.3, -0.25) is 4.79 Å². The Morgan fingerprint density at radius 1 is 1.06 bits per heavy atom. The fourth-order valence-corrected chi connectivity index (χ4v) is 3.95. The van der Waals surface area contributed by atoms with Gasteiger partial charge >= 0.3 is 6.18 Å². The van der Waals surface area contributed by atoms with Crippen LogP contribution in [0, 0.1) is 6.92 Å². The fourth-order valence-electron chi connectivity index (χ4n) is 3.67. The number of piperazine rings is 1. The molecule has 10 heteroatoms. The number of para-hydroxylation sites is 1. The molecule has 4 rings (SSSR count). The van der Waals surface area contributed by atoms with E-state index >= 15 is 0 Å². The molecule has 0 unspecified atom stereocenters. The third-order valence-electron chi connectivity index (χ3n) is 5.23. The lowest BCUT2D eigenvalue weighted by atomic mass is 10.2. The van der Waals surface area contributed by atoms with Crippen LogP contribution in [0.15, 0.2) is 42.6 Å². The summed E-state index contributed by atoms with van der Waals surface area (Å²) in [5.74, 6) is 1.02. The molecule has 31 heavy (non-hydrogen) atoms. The lowest BCUT2D eigenvalue weighted by molar-refractivity contribution is -0.137. The Hall–Kier alpha value is -3.07. The predicted octanol–water partition coefficient (Wildman–Crippen LogP) is 4.39. The first-order chi connectivity index (χ1) is 14.8. The number of carbonyl (C=O) groups is 1. The molecule has 6 nitrogen and oxygen atoms in total. The molecule has 0 N–H and O–H groups in total. The molecular formula is C21H19ClF3N5O. The van der Waals surface area contributed by atoms with Gasteiger partial charge < -0.3 is 9.80 Å². The summed E-state index contributed by atoms with van der Waals surface area (Å²) in [7, 11) is 0. The van der Waals surface area contributed by atoms with Crippen LogP contribution in [0.3, 0.4) is 0 Å². The van der Waals surface area contributed by atoms with Gasteiger partial charge in [0.15, 0.2) is 6.29 Å². The lowest BCUT2D eigenvalue weighted by Gasteiger charge is -2.37. The summed E-state index contributed by atoms with van der Waals surface area (Å²) in [5, 5.41) is 4.50. The van der Waals surface area contributed by atoms with Crippen LogP contribution < -0.4 is 9.80 Å².